The average Bonchev–Trinajstić information content (AvgIpc) is 2.64. The Kier molecular flexibility index (Phi) is 7.67. The van der Waals surface area contributed by atoms with E-state index in [1.54, 1.807) is 23.1 Å². The molecule has 0 fully saturated rings. The number of aryl methyl sites for hydroxylation is 1. The van der Waals surface area contributed by atoms with Crippen LogP contribution < -0.4 is 10.1 Å². The second-order valence-corrected chi connectivity index (χ2v) is 6.62. The first kappa shape index (κ1) is 20.8. The maximum Gasteiger partial charge on any atom is 0.260 e. The molecule has 2 rings (SSSR count). The van der Waals surface area contributed by atoms with E-state index in [2.05, 4.69) is 5.32 Å². The van der Waals surface area contributed by atoms with Crippen LogP contribution in [0, 0.1) is 6.92 Å². The molecule has 0 unspecified atom stereocenters. The number of likely N-dealkylation sites (N-methyl/N-ethyl adjacent to an activating group) is 1. The van der Waals surface area contributed by atoms with Gasteiger partial charge in [0.15, 0.2) is 6.61 Å². The van der Waals surface area contributed by atoms with E-state index in [-0.39, 0.29) is 24.8 Å². The monoisotopic (exact) mass is 388 g/mol. The maximum atomic E-state index is 12.2. The molecule has 0 aliphatic rings. The minimum Gasteiger partial charge on any atom is -0.482 e. The molecule has 2 aromatic carbocycles. The first-order valence-electron chi connectivity index (χ1n) is 8.98. The van der Waals surface area contributed by atoms with Crippen LogP contribution in [0.4, 0.5) is 5.69 Å². The van der Waals surface area contributed by atoms with Crippen molar-refractivity contribution in [2.45, 2.75) is 27.2 Å². The number of hydrogen-bond acceptors (Lipinski definition) is 3. The number of halogens is 1. The van der Waals surface area contributed by atoms with E-state index in [0.717, 1.165) is 11.1 Å². The Bertz CT molecular complexity index is 787. The van der Waals surface area contributed by atoms with Crippen molar-refractivity contribution in [3.05, 3.63) is 58.6 Å². The zero-order valence-corrected chi connectivity index (χ0v) is 16.7. The van der Waals surface area contributed by atoms with Crippen LogP contribution in [0.1, 0.15) is 25.0 Å². The highest BCUT2D eigenvalue weighted by molar-refractivity contribution is 6.32. The minimum atomic E-state index is -0.125. The number of nitrogens with one attached hydrogen (secondary N) is 1. The summed E-state index contributed by atoms with van der Waals surface area (Å²) in [6.45, 7) is 7.05. The number of carbonyl (C=O) groups is 2. The van der Waals surface area contributed by atoms with E-state index in [1.807, 2.05) is 45.0 Å². The van der Waals surface area contributed by atoms with Crippen molar-refractivity contribution in [2.24, 2.45) is 0 Å². The third-order valence-electron chi connectivity index (χ3n) is 4.17. The van der Waals surface area contributed by atoms with Gasteiger partial charge in [-0.25, -0.2) is 0 Å². The predicted molar refractivity (Wildman–Crippen MR) is 108 cm³/mol. The fourth-order valence-electron chi connectivity index (χ4n) is 2.60. The van der Waals surface area contributed by atoms with Crippen molar-refractivity contribution in [1.82, 2.24) is 4.90 Å². The Hall–Kier alpha value is -2.53. The fourth-order valence-corrected chi connectivity index (χ4v) is 2.83. The number of hydrogen-bond donors (Lipinski definition) is 1. The molecule has 2 aromatic rings. The van der Waals surface area contributed by atoms with Crippen LogP contribution in [0.25, 0.3) is 0 Å². The summed E-state index contributed by atoms with van der Waals surface area (Å²) in [6.07, 6.45) is 0.286. The molecule has 144 valence electrons. The standard InChI is InChI=1S/C21H25ClN2O3/c1-4-24(5-2)21(26)14-27-19-11-10-17(13-18(19)22)23-20(25)12-16-8-6-15(3)7-9-16/h6-11,13H,4-5,12,14H2,1-3H3,(H,23,25). The molecule has 0 aromatic heterocycles. The third kappa shape index (κ3) is 6.29. The molecule has 27 heavy (non-hydrogen) atoms. The summed E-state index contributed by atoms with van der Waals surface area (Å²) in [5.41, 5.74) is 2.68. The molecular weight excluding hydrogens is 364 g/mol. The number of ether oxygens (including phenoxy) is 1. The normalized spacial score (nSPS) is 10.4. The average molecular weight is 389 g/mol. The molecule has 0 spiro atoms. The number of carbonyl (C=O) groups excluding carboxylic acids is 2. The smallest absolute Gasteiger partial charge is 0.260 e. The van der Waals surface area contributed by atoms with E-state index in [0.29, 0.717) is 29.5 Å². The Morgan fingerprint density at radius 1 is 1.07 bits per heavy atom. The highest BCUT2D eigenvalue weighted by Crippen LogP contribution is 2.27. The zero-order valence-electron chi connectivity index (χ0n) is 15.9. The SMILES string of the molecule is CCN(CC)C(=O)COc1ccc(NC(=O)Cc2ccc(C)cc2)cc1Cl. The number of nitrogens with zero attached hydrogens (tertiary/aromatic N) is 1. The molecule has 0 heterocycles. The highest BCUT2D eigenvalue weighted by atomic mass is 35.5. The van der Waals surface area contributed by atoms with Gasteiger partial charge in [-0.1, -0.05) is 41.4 Å². The van der Waals surface area contributed by atoms with Crippen molar-refractivity contribution in [3.63, 3.8) is 0 Å². The Morgan fingerprint density at radius 3 is 2.33 bits per heavy atom. The van der Waals surface area contributed by atoms with Gasteiger partial charge < -0.3 is 15.0 Å². The topological polar surface area (TPSA) is 58.6 Å². The molecule has 0 atom stereocenters. The summed E-state index contributed by atoms with van der Waals surface area (Å²) in [5, 5.41) is 3.16. The van der Waals surface area contributed by atoms with E-state index >= 15 is 0 Å². The van der Waals surface area contributed by atoms with Gasteiger partial charge in [0, 0.05) is 18.8 Å². The van der Waals surface area contributed by atoms with Gasteiger partial charge in [-0.15, -0.1) is 0 Å². The zero-order chi connectivity index (χ0) is 19.8. The summed E-state index contributed by atoms with van der Waals surface area (Å²) in [6, 6.07) is 12.8. The van der Waals surface area contributed by atoms with Crippen LogP contribution >= 0.6 is 11.6 Å². The van der Waals surface area contributed by atoms with E-state index in [4.69, 9.17) is 16.3 Å². The van der Waals surface area contributed by atoms with Gasteiger partial charge in [0.2, 0.25) is 5.91 Å². The van der Waals surface area contributed by atoms with Gasteiger partial charge in [0.1, 0.15) is 5.75 Å². The second-order valence-electron chi connectivity index (χ2n) is 6.21. The maximum absolute atomic E-state index is 12.2. The van der Waals surface area contributed by atoms with Crippen molar-refractivity contribution in [1.29, 1.82) is 0 Å². The number of amides is 2. The molecule has 6 heteroatoms. The highest BCUT2D eigenvalue weighted by Gasteiger charge is 2.12. The van der Waals surface area contributed by atoms with Gasteiger partial charge in [-0.05, 0) is 44.5 Å². The summed E-state index contributed by atoms with van der Waals surface area (Å²) >= 11 is 6.22. The van der Waals surface area contributed by atoms with Crippen LogP contribution in [0.2, 0.25) is 5.02 Å². The Balaban J connectivity index is 1.92. The van der Waals surface area contributed by atoms with Crippen LogP contribution in [-0.2, 0) is 16.0 Å². The van der Waals surface area contributed by atoms with Gasteiger partial charge >= 0.3 is 0 Å². The summed E-state index contributed by atoms with van der Waals surface area (Å²) in [4.78, 5) is 25.9. The predicted octanol–water partition coefficient (Wildman–Crippen LogP) is 4.08. The molecule has 0 aliphatic heterocycles. The Labute approximate surface area is 165 Å². The molecular formula is C21H25ClN2O3. The van der Waals surface area contributed by atoms with Crippen molar-refractivity contribution >= 4 is 29.1 Å². The van der Waals surface area contributed by atoms with Crippen LogP contribution in [0.3, 0.4) is 0 Å². The molecule has 0 aliphatic carbocycles. The van der Waals surface area contributed by atoms with Gasteiger partial charge in [0.25, 0.3) is 5.91 Å². The summed E-state index contributed by atoms with van der Waals surface area (Å²) < 4.78 is 5.51. The van der Waals surface area contributed by atoms with Crippen LogP contribution in [0.5, 0.6) is 5.75 Å². The van der Waals surface area contributed by atoms with Crippen molar-refractivity contribution in [3.8, 4) is 5.75 Å². The molecule has 0 saturated carbocycles. The summed E-state index contributed by atoms with van der Waals surface area (Å²) in [7, 11) is 0. The first-order chi connectivity index (χ1) is 12.9. The lowest BCUT2D eigenvalue weighted by molar-refractivity contribution is -0.133. The fraction of sp³-hybridized carbons (Fsp3) is 0.333. The van der Waals surface area contributed by atoms with Crippen molar-refractivity contribution < 1.29 is 14.3 Å². The molecule has 2 amide bonds. The number of benzene rings is 2. The lowest BCUT2D eigenvalue weighted by atomic mass is 10.1. The second kappa shape index (κ2) is 9.97. The van der Waals surface area contributed by atoms with E-state index in [9.17, 15) is 9.59 Å². The summed E-state index contributed by atoms with van der Waals surface area (Å²) in [5.74, 6) is 0.195. The molecule has 1 N–H and O–H groups in total. The van der Waals surface area contributed by atoms with E-state index < -0.39 is 0 Å². The third-order valence-corrected chi connectivity index (χ3v) is 4.46. The van der Waals surface area contributed by atoms with Gasteiger partial charge in [0.05, 0.1) is 11.4 Å². The molecule has 5 nitrogen and oxygen atoms in total. The minimum absolute atomic E-state index is 0.0689. The largest absolute Gasteiger partial charge is 0.482 e. The first-order valence-corrected chi connectivity index (χ1v) is 9.36. The number of anilines is 1. The molecule has 0 radical (unpaired) electrons. The quantitative estimate of drug-likeness (QED) is 0.741. The molecule has 0 bridgehead atoms. The van der Waals surface area contributed by atoms with Crippen molar-refractivity contribution in [2.75, 3.05) is 25.0 Å². The number of rotatable bonds is 8. The lowest BCUT2D eigenvalue weighted by Crippen LogP contribution is -2.34. The Morgan fingerprint density at radius 2 is 1.74 bits per heavy atom. The lowest BCUT2D eigenvalue weighted by Gasteiger charge is -2.19. The van der Waals surface area contributed by atoms with Gasteiger partial charge in [-0.2, -0.15) is 0 Å². The van der Waals surface area contributed by atoms with Crippen LogP contribution in [0.15, 0.2) is 42.5 Å². The van der Waals surface area contributed by atoms with Gasteiger partial charge in [-0.3, -0.25) is 9.59 Å². The van der Waals surface area contributed by atoms with E-state index in [1.165, 1.54) is 0 Å². The molecule has 0 saturated heterocycles. The van der Waals surface area contributed by atoms with Crippen LogP contribution in [-0.4, -0.2) is 36.4 Å².